The van der Waals surface area contributed by atoms with Gasteiger partial charge < -0.3 is 0 Å². The zero-order chi connectivity index (χ0) is 9.80. The molecule has 0 amide bonds. The molecule has 0 aliphatic heterocycles. The van der Waals surface area contributed by atoms with Gasteiger partial charge in [-0.3, -0.25) is 0 Å². The zero-order valence-electron chi connectivity index (χ0n) is 8.14. The molecular weight excluding hydrogens is 172 g/mol. The van der Waals surface area contributed by atoms with Gasteiger partial charge in [0.1, 0.15) is 5.82 Å². The molecule has 0 saturated carbocycles. The third kappa shape index (κ3) is 1.79. The summed E-state index contributed by atoms with van der Waals surface area (Å²) in [4.78, 5) is 8.62. The van der Waals surface area contributed by atoms with Gasteiger partial charge in [-0.1, -0.05) is 37.3 Å². The van der Waals surface area contributed by atoms with E-state index < -0.39 is 0 Å². The predicted octanol–water partition coefficient (Wildman–Crippen LogP) is 2.71. The molecule has 0 saturated heterocycles. The van der Waals surface area contributed by atoms with Crippen LogP contribution in [0.1, 0.15) is 12.7 Å². The minimum absolute atomic E-state index is 0.876. The van der Waals surface area contributed by atoms with Crippen molar-refractivity contribution < 1.29 is 0 Å². The molecule has 1 heterocycles. The Hall–Kier alpha value is -1.70. The van der Waals surface area contributed by atoms with E-state index in [-0.39, 0.29) is 0 Å². The average Bonchev–Trinajstić information content (AvgIpc) is 2.30. The molecule has 0 unspecified atom stereocenters. The molecule has 1 aromatic carbocycles. The fourth-order valence-corrected chi connectivity index (χ4v) is 1.34. The van der Waals surface area contributed by atoms with E-state index in [1.165, 1.54) is 0 Å². The lowest BCUT2D eigenvalue weighted by molar-refractivity contribution is 0.943. The quantitative estimate of drug-likeness (QED) is 0.717. The number of benzene rings is 1. The zero-order valence-corrected chi connectivity index (χ0v) is 8.14. The number of aromatic nitrogens is 2. The van der Waals surface area contributed by atoms with Crippen molar-refractivity contribution in [3.05, 3.63) is 48.4 Å². The van der Waals surface area contributed by atoms with Gasteiger partial charge in [0.15, 0.2) is 0 Å². The van der Waals surface area contributed by atoms with E-state index >= 15 is 0 Å². The summed E-state index contributed by atoms with van der Waals surface area (Å²) in [6, 6.07) is 12.1. The molecule has 1 aromatic heterocycles. The lowest BCUT2D eigenvalue weighted by Crippen LogP contribution is -1.93. The van der Waals surface area contributed by atoms with Crippen LogP contribution in [0.5, 0.6) is 0 Å². The molecule has 0 aliphatic rings. The summed E-state index contributed by atoms with van der Waals surface area (Å²) in [6.07, 6.45) is 2.69. The number of hydrogen-bond acceptors (Lipinski definition) is 2. The Morgan fingerprint density at radius 2 is 1.86 bits per heavy atom. The van der Waals surface area contributed by atoms with Gasteiger partial charge in [-0.15, -0.1) is 0 Å². The fraction of sp³-hybridized carbons (Fsp3) is 0.167. The van der Waals surface area contributed by atoms with E-state index in [2.05, 4.69) is 29.0 Å². The first-order valence-corrected chi connectivity index (χ1v) is 4.77. The van der Waals surface area contributed by atoms with Gasteiger partial charge in [0.25, 0.3) is 0 Å². The SMILES string of the molecule is CCc1nccc(-c2ccccc2)n1. The molecule has 70 valence electrons. The van der Waals surface area contributed by atoms with Crippen LogP contribution in [0, 0.1) is 0 Å². The highest BCUT2D eigenvalue weighted by Crippen LogP contribution is 2.15. The molecule has 0 aliphatic carbocycles. The second-order valence-electron chi connectivity index (χ2n) is 3.08. The standard InChI is InChI=1S/C12H12N2/c1-2-12-13-9-8-11(14-12)10-6-4-3-5-7-10/h3-9H,2H2,1H3. The average molecular weight is 184 g/mol. The molecule has 0 bridgehead atoms. The molecule has 0 spiro atoms. The van der Waals surface area contributed by atoms with Crippen LogP contribution in [0.3, 0.4) is 0 Å². The lowest BCUT2D eigenvalue weighted by atomic mass is 10.1. The van der Waals surface area contributed by atoms with Crippen molar-refractivity contribution in [2.45, 2.75) is 13.3 Å². The Kier molecular flexibility index (Phi) is 2.54. The summed E-state index contributed by atoms with van der Waals surface area (Å²) < 4.78 is 0. The number of nitrogens with zero attached hydrogens (tertiary/aromatic N) is 2. The normalized spacial score (nSPS) is 10.1. The van der Waals surface area contributed by atoms with Crippen molar-refractivity contribution in [2.24, 2.45) is 0 Å². The topological polar surface area (TPSA) is 25.8 Å². The Balaban J connectivity index is 2.42. The van der Waals surface area contributed by atoms with Crippen molar-refractivity contribution in [1.82, 2.24) is 9.97 Å². The van der Waals surface area contributed by atoms with Gasteiger partial charge in [-0.25, -0.2) is 9.97 Å². The van der Waals surface area contributed by atoms with Crippen LogP contribution in [0.15, 0.2) is 42.6 Å². The first-order valence-electron chi connectivity index (χ1n) is 4.77. The predicted molar refractivity (Wildman–Crippen MR) is 56.8 cm³/mol. The van der Waals surface area contributed by atoms with E-state index in [0.29, 0.717) is 0 Å². The van der Waals surface area contributed by atoms with Gasteiger partial charge >= 0.3 is 0 Å². The van der Waals surface area contributed by atoms with Crippen molar-refractivity contribution >= 4 is 0 Å². The fourth-order valence-electron chi connectivity index (χ4n) is 1.34. The Morgan fingerprint density at radius 1 is 1.07 bits per heavy atom. The van der Waals surface area contributed by atoms with Crippen LogP contribution in [0.25, 0.3) is 11.3 Å². The first-order chi connectivity index (χ1) is 6.90. The molecule has 2 nitrogen and oxygen atoms in total. The summed E-state index contributed by atoms with van der Waals surface area (Å²) >= 11 is 0. The molecule has 2 heteroatoms. The minimum atomic E-state index is 0.876. The van der Waals surface area contributed by atoms with Crippen molar-refractivity contribution in [2.75, 3.05) is 0 Å². The lowest BCUT2D eigenvalue weighted by Gasteiger charge is -2.01. The highest BCUT2D eigenvalue weighted by molar-refractivity contribution is 5.58. The first kappa shape index (κ1) is 8.88. The third-order valence-electron chi connectivity index (χ3n) is 2.09. The van der Waals surface area contributed by atoms with Gasteiger partial charge in [0, 0.05) is 18.2 Å². The van der Waals surface area contributed by atoms with Crippen LogP contribution in [0.4, 0.5) is 0 Å². The van der Waals surface area contributed by atoms with E-state index in [1.807, 2.05) is 30.5 Å². The monoisotopic (exact) mass is 184 g/mol. The summed E-state index contributed by atoms with van der Waals surface area (Å²) in [5.74, 6) is 0.895. The van der Waals surface area contributed by atoms with E-state index in [9.17, 15) is 0 Å². The van der Waals surface area contributed by atoms with Crippen LogP contribution < -0.4 is 0 Å². The summed E-state index contributed by atoms with van der Waals surface area (Å²) in [5, 5.41) is 0. The van der Waals surface area contributed by atoms with Crippen molar-refractivity contribution in [1.29, 1.82) is 0 Å². The van der Waals surface area contributed by atoms with Crippen molar-refractivity contribution in [3.8, 4) is 11.3 Å². The largest absolute Gasteiger partial charge is 0.241 e. The number of aryl methyl sites for hydroxylation is 1. The summed E-state index contributed by atoms with van der Waals surface area (Å²) in [6.45, 7) is 2.06. The van der Waals surface area contributed by atoms with Gasteiger partial charge in [0.2, 0.25) is 0 Å². The molecule has 2 aromatic rings. The van der Waals surface area contributed by atoms with Crippen LogP contribution >= 0.6 is 0 Å². The van der Waals surface area contributed by atoms with Crippen LogP contribution in [0.2, 0.25) is 0 Å². The van der Waals surface area contributed by atoms with Crippen LogP contribution in [-0.4, -0.2) is 9.97 Å². The molecule has 0 fully saturated rings. The van der Waals surface area contributed by atoms with E-state index in [1.54, 1.807) is 0 Å². The van der Waals surface area contributed by atoms with Crippen LogP contribution in [-0.2, 0) is 6.42 Å². The van der Waals surface area contributed by atoms with E-state index in [4.69, 9.17) is 0 Å². The molecule has 0 atom stereocenters. The Labute approximate surface area is 83.7 Å². The summed E-state index contributed by atoms with van der Waals surface area (Å²) in [5.41, 5.74) is 2.14. The second-order valence-corrected chi connectivity index (χ2v) is 3.08. The molecular formula is C12H12N2. The third-order valence-corrected chi connectivity index (χ3v) is 2.09. The van der Waals surface area contributed by atoms with Crippen molar-refractivity contribution in [3.63, 3.8) is 0 Å². The Morgan fingerprint density at radius 3 is 2.57 bits per heavy atom. The molecule has 0 radical (unpaired) electrons. The maximum Gasteiger partial charge on any atom is 0.128 e. The maximum atomic E-state index is 4.45. The molecule has 0 N–H and O–H groups in total. The van der Waals surface area contributed by atoms with E-state index in [0.717, 1.165) is 23.5 Å². The number of rotatable bonds is 2. The molecule has 2 rings (SSSR count). The minimum Gasteiger partial charge on any atom is -0.241 e. The second kappa shape index (κ2) is 4.01. The van der Waals surface area contributed by atoms with Gasteiger partial charge in [-0.05, 0) is 6.07 Å². The van der Waals surface area contributed by atoms with Gasteiger partial charge in [0.05, 0.1) is 5.69 Å². The van der Waals surface area contributed by atoms with Gasteiger partial charge in [-0.2, -0.15) is 0 Å². The smallest absolute Gasteiger partial charge is 0.128 e. The molecule has 14 heavy (non-hydrogen) atoms. The maximum absolute atomic E-state index is 4.45. The summed E-state index contributed by atoms with van der Waals surface area (Å²) in [7, 11) is 0. The number of hydrogen-bond donors (Lipinski definition) is 0. The Bertz CT molecular complexity index is 410. The highest BCUT2D eigenvalue weighted by Gasteiger charge is 1.99. The highest BCUT2D eigenvalue weighted by atomic mass is 14.9.